The smallest absolute Gasteiger partial charge is 0.243 e. The maximum absolute atomic E-state index is 12.1. The van der Waals surface area contributed by atoms with E-state index in [9.17, 15) is 9.59 Å². The first-order valence-electron chi connectivity index (χ1n) is 10.1. The van der Waals surface area contributed by atoms with Crippen molar-refractivity contribution >= 4 is 33.4 Å². The molecular weight excluding hydrogens is 430 g/mol. The van der Waals surface area contributed by atoms with Gasteiger partial charge in [0.2, 0.25) is 11.8 Å². The van der Waals surface area contributed by atoms with E-state index in [2.05, 4.69) is 57.0 Å². The molecule has 154 valence electrons. The summed E-state index contributed by atoms with van der Waals surface area (Å²) < 4.78 is 0.959. The third kappa shape index (κ3) is 6.15. The summed E-state index contributed by atoms with van der Waals surface area (Å²) in [7, 11) is 0. The quantitative estimate of drug-likeness (QED) is 0.587. The molecule has 1 aliphatic rings. The van der Waals surface area contributed by atoms with Crippen molar-refractivity contribution in [1.29, 1.82) is 0 Å². The molecule has 1 atom stereocenters. The van der Waals surface area contributed by atoms with Gasteiger partial charge in [-0.05, 0) is 80.0 Å². The monoisotopic (exact) mass is 457 g/mol. The molecule has 1 aliphatic carbocycles. The second-order valence-corrected chi connectivity index (χ2v) is 8.54. The number of carbonyl (C=O) groups is 2. The van der Waals surface area contributed by atoms with Gasteiger partial charge in [-0.15, -0.1) is 0 Å². The van der Waals surface area contributed by atoms with Gasteiger partial charge < -0.3 is 16.0 Å². The number of fused-ring (bicyclic) bond motifs is 1. The Hall–Kier alpha value is -2.18. The third-order valence-corrected chi connectivity index (χ3v) is 5.84. The van der Waals surface area contributed by atoms with Crippen molar-refractivity contribution in [2.24, 2.45) is 0 Å². The Labute approximate surface area is 180 Å². The van der Waals surface area contributed by atoms with E-state index in [0.717, 1.165) is 22.1 Å². The van der Waals surface area contributed by atoms with Gasteiger partial charge in [-0.1, -0.05) is 34.1 Å². The summed E-state index contributed by atoms with van der Waals surface area (Å²) in [6.07, 6.45) is 4.84. The first-order chi connectivity index (χ1) is 13.9. The molecule has 0 spiro atoms. The van der Waals surface area contributed by atoms with Gasteiger partial charge in [0.1, 0.15) is 0 Å². The molecule has 5 nitrogen and oxygen atoms in total. The fraction of sp³-hybridized carbons (Fsp3) is 0.391. The normalized spacial score (nSPS) is 14.0. The molecule has 0 bridgehead atoms. The van der Waals surface area contributed by atoms with E-state index in [4.69, 9.17) is 0 Å². The predicted molar refractivity (Wildman–Crippen MR) is 120 cm³/mol. The van der Waals surface area contributed by atoms with Crippen molar-refractivity contribution in [2.45, 2.75) is 45.6 Å². The van der Waals surface area contributed by atoms with Crippen molar-refractivity contribution in [3.8, 4) is 0 Å². The lowest BCUT2D eigenvalue weighted by molar-refractivity contribution is -0.123. The lowest BCUT2D eigenvalue weighted by Crippen LogP contribution is -2.39. The standard InChI is InChI=1S/C23H28BrN3O2/c1-15-11-20(24)9-10-21(15)27-23(29)14-26-22(28)13-25-16(2)18-8-7-17-5-3-4-6-19(17)12-18/h7-12,16,25H,3-6,13-14H2,1-2H3,(H,26,28)(H,27,29). The lowest BCUT2D eigenvalue weighted by Gasteiger charge is -2.20. The maximum atomic E-state index is 12.1. The molecule has 0 saturated heterocycles. The minimum atomic E-state index is -0.244. The first kappa shape index (κ1) is 21.5. The van der Waals surface area contributed by atoms with Crippen LogP contribution in [-0.4, -0.2) is 24.9 Å². The number of carbonyl (C=O) groups excluding carboxylic acids is 2. The second kappa shape index (κ2) is 10.0. The van der Waals surface area contributed by atoms with E-state index in [-0.39, 0.29) is 30.9 Å². The van der Waals surface area contributed by atoms with Crippen LogP contribution in [0.3, 0.4) is 0 Å². The number of halogens is 1. The van der Waals surface area contributed by atoms with Crippen LogP contribution in [0.15, 0.2) is 40.9 Å². The van der Waals surface area contributed by atoms with Crippen LogP contribution < -0.4 is 16.0 Å². The van der Waals surface area contributed by atoms with Crippen LogP contribution in [0.5, 0.6) is 0 Å². The Bertz CT molecular complexity index is 898. The third-order valence-electron chi connectivity index (χ3n) is 5.35. The lowest BCUT2D eigenvalue weighted by atomic mass is 9.89. The van der Waals surface area contributed by atoms with E-state index >= 15 is 0 Å². The highest BCUT2D eigenvalue weighted by Crippen LogP contribution is 2.24. The molecule has 6 heteroatoms. The molecule has 0 saturated carbocycles. The summed E-state index contributed by atoms with van der Waals surface area (Å²) >= 11 is 3.40. The number of amides is 2. The molecule has 0 heterocycles. The molecule has 2 aromatic carbocycles. The summed E-state index contributed by atoms with van der Waals surface area (Å²) in [6.45, 7) is 4.10. The SMILES string of the molecule is Cc1cc(Br)ccc1NC(=O)CNC(=O)CNC(C)c1ccc2c(c1)CCCC2. The highest BCUT2D eigenvalue weighted by atomic mass is 79.9. The fourth-order valence-corrected chi connectivity index (χ4v) is 4.06. The first-order valence-corrected chi connectivity index (χ1v) is 10.9. The van der Waals surface area contributed by atoms with Crippen LogP contribution in [0.4, 0.5) is 5.69 Å². The number of nitrogens with one attached hydrogen (secondary N) is 3. The van der Waals surface area contributed by atoms with Gasteiger partial charge >= 0.3 is 0 Å². The van der Waals surface area contributed by atoms with Crippen molar-refractivity contribution in [1.82, 2.24) is 10.6 Å². The molecule has 0 radical (unpaired) electrons. The number of benzene rings is 2. The number of hydrogen-bond donors (Lipinski definition) is 3. The summed E-state index contributed by atoms with van der Waals surface area (Å²) in [5.41, 5.74) is 5.79. The van der Waals surface area contributed by atoms with E-state index < -0.39 is 0 Å². The molecule has 2 amide bonds. The van der Waals surface area contributed by atoms with Crippen LogP contribution in [-0.2, 0) is 22.4 Å². The molecule has 0 fully saturated rings. The Morgan fingerprint density at radius 2 is 1.76 bits per heavy atom. The zero-order valence-electron chi connectivity index (χ0n) is 17.0. The van der Waals surface area contributed by atoms with E-state index in [1.165, 1.54) is 36.0 Å². The summed E-state index contributed by atoms with van der Waals surface area (Å²) in [6, 6.07) is 12.3. The number of aryl methyl sites for hydroxylation is 3. The Balaban J connectivity index is 1.43. The number of rotatable bonds is 7. The Morgan fingerprint density at radius 3 is 2.52 bits per heavy atom. The summed E-state index contributed by atoms with van der Waals surface area (Å²) in [5.74, 6) is -0.441. The predicted octanol–water partition coefficient (Wildman–Crippen LogP) is 4.04. The van der Waals surface area contributed by atoms with Gasteiger partial charge in [-0.3, -0.25) is 9.59 Å². The van der Waals surface area contributed by atoms with Crippen molar-refractivity contribution in [2.75, 3.05) is 18.4 Å². The Morgan fingerprint density at radius 1 is 1.00 bits per heavy atom. The molecule has 29 heavy (non-hydrogen) atoms. The largest absolute Gasteiger partial charge is 0.346 e. The van der Waals surface area contributed by atoms with Gasteiger partial charge in [0.15, 0.2) is 0 Å². The van der Waals surface area contributed by atoms with E-state index in [1.54, 1.807) is 0 Å². The average Bonchev–Trinajstić information content (AvgIpc) is 2.72. The van der Waals surface area contributed by atoms with Crippen molar-refractivity contribution in [3.05, 3.63) is 63.1 Å². The molecule has 0 aromatic heterocycles. The number of hydrogen-bond acceptors (Lipinski definition) is 3. The summed E-state index contributed by atoms with van der Waals surface area (Å²) in [5, 5.41) is 8.73. The topological polar surface area (TPSA) is 70.2 Å². The van der Waals surface area contributed by atoms with Gasteiger partial charge in [0.05, 0.1) is 13.1 Å². The van der Waals surface area contributed by atoms with Crippen molar-refractivity contribution in [3.63, 3.8) is 0 Å². The molecule has 1 unspecified atom stereocenters. The maximum Gasteiger partial charge on any atom is 0.243 e. The minimum Gasteiger partial charge on any atom is -0.346 e. The zero-order valence-corrected chi connectivity index (χ0v) is 18.6. The van der Waals surface area contributed by atoms with Crippen molar-refractivity contribution < 1.29 is 9.59 Å². The van der Waals surface area contributed by atoms with E-state index in [0.29, 0.717) is 0 Å². The zero-order chi connectivity index (χ0) is 20.8. The Kier molecular flexibility index (Phi) is 7.45. The van der Waals surface area contributed by atoms with Crippen LogP contribution in [0.25, 0.3) is 0 Å². The van der Waals surface area contributed by atoms with Crippen LogP contribution in [0, 0.1) is 6.92 Å². The minimum absolute atomic E-state index is 0.0523. The van der Waals surface area contributed by atoms with Gasteiger partial charge in [0, 0.05) is 16.2 Å². The molecular formula is C23H28BrN3O2. The second-order valence-electron chi connectivity index (χ2n) is 7.62. The molecule has 2 aromatic rings. The van der Waals surface area contributed by atoms with Crippen LogP contribution in [0.1, 0.15) is 48.1 Å². The molecule has 3 N–H and O–H groups in total. The van der Waals surface area contributed by atoms with Gasteiger partial charge in [-0.25, -0.2) is 0 Å². The molecule has 3 rings (SSSR count). The van der Waals surface area contributed by atoms with E-state index in [1.807, 2.05) is 25.1 Å². The van der Waals surface area contributed by atoms with Gasteiger partial charge in [0.25, 0.3) is 0 Å². The highest BCUT2D eigenvalue weighted by Gasteiger charge is 2.13. The van der Waals surface area contributed by atoms with Crippen LogP contribution >= 0.6 is 15.9 Å². The summed E-state index contributed by atoms with van der Waals surface area (Å²) in [4.78, 5) is 24.2. The molecule has 0 aliphatic heterocycles. The van der Waals surface area contributed by atoms with Crippen LogP contribution in [0.2, 0.25) is 0 Å². The van der Waals surface area contributed by atoms with Gasteiger partial charge in [-0.2, -0.15) is 0 Å². The highest BCUT2D eigenvalue weighted by molar-refractivity contribution is 9.10. The average molecular weight is 458 g/mol. The fourth-order valence-electron chi connectivity index (χ4n) is 3.59. The number of anilines is 1.